The predicted molar refractivity (Wildman–Crippen MR) is 133 cm³/mol. The lowest BCUT2D eigenvalue weighted by Gasteiger charge is -2.52. The number of esters is 2. The third-order valence-corrected chi connectivity index (χ3v) is 9.88. The molecule has 0 aliphatic heterocycles. The molecule has 4 aliphatic carbocycles. The smallest absolute Gasteiger partial charge is 0.309 e. The molecule has 7 heteroatoms. The van der Waals surface area contributed by atoms with Gasteiger partial charge >= 0.3 is 11.9 Å². The molecule has 0 aromatic rings. The number of hydrogen-bond donors (Lipinski definition) is 2. The SMILES string of the molecule is CCC(C)C(=O)O[C@@H]1[C@@H](C)[C@]2(O)[C@@H]3C=C(C)C(=O)[C@@H]3CC(CO)=C[C@H]2[C@@H]2C(C)(C)[C@]12OC(=O)C(C)C. The second-order valence-corrected chi connectivity index (χ2v) is 12.5. The largest absolute Gasteiger partial charge is 0.457 e. The summed E-state index contributed by atoms with van der Waals surface area (Å²) in [6.45, 7) is 14.6. The molecular weight excluding hydrogens is 460 g/mol. The Kier molecular flexibility index (Phi) is 6.61. The standard InChI is InChI=1S/C29H42O7/c1-9-15(4)26(33)35-24-17(6)28(34)20-10-16(5)22(31)19(20)11-18(13-30)12-21(28)23-27(7,8)29(23,24)36-25(32)14(2)3/h10,12,14-15,17,19-21,23-24,30,34H,9,11,13H2,1-8H3/t15?,17-,19-,20-,21+,23-,24-,28+,29-/m1/s1. The Morgan fingerprint density at radius 2 is 1.78 bits per heavy atom. The van der Waals surface area contributed by atoms with Crippen LogP contribution in [-0.4, -0.2) is 51.8 Å². The van der Waals surface area contributed by atoms with Crippen LogP contribution >= 0.6 is 0 Å². The van der Waals surface area contributed by atoms with E-state index in [0.29, 0.717) is 24.0 Å². The first-order chi connectivity index (χ1) is 16.7. The summed E-state index contributed by atoms with van der Waals surface area (Å²) in [4.78, 5) is 39.3. The van der Waals surface area contributed by atoms with Crippen molar-refractivity contribution >= 4 is 17.7 Å². The van der Waals surface area contributed by atoms with Gasteiger partial charge in [0.15, 0.2) is 11.4 Å². The Balaban J connectivity index is 1.91. The lowest BCUT2D eigenvalue weighted by atomic mass is 9.59. The summed E-state index contributed by atoms with van der Waals surface area (Å²) < 4.78 is 12.5. The van der Waals surface area contributed by atoms with Crippen molar-refractivity contribution in [3.05, 3.63) is 23.3 Å². The van der Waals surface area contributed by atoms with E-state index < -0.39 is 46.4 Å². The summed E-state index contributed by atoms with van der Waals surface area (Å²) in [6.07, 6.45) is 3.86. The average Bonchev–Trinajstić information content (AvgIpc) is 3.22. The Hall–Kier alpha value is -1.99. The third-order valence-electron chi connectivity index (χ3n) is 9.88. The van der Waals surface area contributed by atoms with Gasteiger partial charge in [0.25, 0.3) is 0 Å². The van der Waals surface area contributed by atoms with Crippen molar-refractivity contribution in [3.63, 3.8) is 0 Å². The maximum Gasteiger partial charge on any atom is 0.309 e. The van der Waals surface area contributed by atoms with Gasteiger partial charge in [0, 0.05) is 35.0 Å². The minimum Gasteiger partial charge on any atom is -0.457 e. The molecule has 2 N–H and O–H groups in total. The number of Topliss-reactive ketones (excluding diaryl/α,β-unsaturated/α-hetero) is 1. The Labute approximate surface area is 214 Å². The monoisotopic (exact) mass is 502 g/mol. The lowest BCUT2D eigenvalue weighted by Crippen LogP contribution is -2.64. The van der Waals surface area contributed by atoms with Crippen molar-refractivity contribution < 1.29 is 34.1 Å². The highest BCUT2D eigenvalue weighted by Crippen LogP contribution is 2.77. The quantitative estimate of drug-likeness (QED) is 0.422. The molecule has 0 amide bonds. The van der Waals surface area contributed by atoms with Gasteiger partial charge in [-0.1, -0.05) is 60.6 Å². The van der Waals surface area contributed by atoms with E-state index in [2.05, 4.69) is 0 Å². The van der Waals surface area contributed by atoms with Crippen LogP contribution in [0, 0.1) is 46.8 Å². The number of aliphatic hydroxyl groups excluding tert-OH is 1. The maximum atomic E-state index is 13.1. The maximum absolute atomic E-state index is 13.1. The first-order valence-corrected chi connectivity index (χ1v) is 13.4. The molecule has 1 unspecified atom stereocenters. The molecule has 36 heavy (non-hydrogen) atoms. The first-order valence-electron chi connectivity index (χ1n) is 13.4. The van der Waals surface area contributed by atoms with Crippen LogP contribution in [0.15, 0.2) is 23.3 Å². The van der Waals surface area contributed by atoms with E-state index >= 15 is 0 Å². The molecule has 200 valence electrons. The molecule has 0 saturated heterocycles. The molecule has 4 rings (SSSR count). The van der Waals surface area contributed by atoms with Gasteiger partial charge in [-0.2, -0.15) is 0 Å². The van der Waals surface area contributed by atoms with E-state index in [-0.39, 0.29) is 42.1 Å². The summed E-state index contributed by atoms with van der Waals surface area (Å²) in [5, 5.41) is 22.8. The van der Waals surface area contributed by atoms with Crippen molar-refractivity contribution in [2.45, 2.75) is 85.5 Å². The van der Waals surface area contributed by atoms with E-state index in [9.17, 15) is 24.6 Å². The van der Waals surface area contributed by atoms with Crippen LogP contribution < -0.4 is 0 Å². The average molecular weight is 503 g/mol. The number of ether oxygens (including phenoxy) is 2. The van der Waals surface area contributed by atoms with E-state index in [1.807, 2.05) is 39.8 Å². The van der Waals surface area contributed by atoms with E-state index in [1.165, 1.54) is 0 Å². The van der Waals surface area contributed by atoms with Gasteiger partial charge in [0.05, 0.1) is 24.0 Å². The molecule has 0 aromatic carbocycles. The molecule has 2 fully saturated rings. The van der Waals surface area contributed by atoms with Crippen LogP contribution in [0.3, 0.4) is 0 Å². The number of fused-ring (bicyclic) bond motifs is 5. The zero-order valence-electron chi connectivity index (χ0n) is 22.8. The summed E-state index contributed by atoms with van der Waals surface area (Å²) in [5.41, 5.74) is -1.85. The summed E-state index contributed by atoms with van der Waals surface area (Å²) in [6, 6.07) is 0. The van der Waals surface area contributed by atoms with Crippen molar-refractivity contribution in [2.75, 3.05) is 6.61 Å². The van der Waals surface area contributed by atoms with Crippen LogP contribution in [0.2, 0.25) is 0 Å². The van der Waals surface area contributed by atoms with Gasteiger partial charge in [0.2, 0.25) is 0 Å². The van der Waals surface area contributed by atoms with E-state index in [1.54, 1.807) is 27.7 Å². The molecule has 0 bridgehead atoms. The number of allylic oxidation sites excluding steroid dienone is 1. The van der Waals surface area contributed by atoms with Crippen LogP contribution in [0.4, 0.5) is 0 Å². The number of carbonyl (C=O) groups is 3. The van der Waals surface area contributed by atoms with Crippen molar-refractivity contribution in [2.24, 2.45) is 46.8 Å². The van der Waals surface area contributed by atoms with Crippen molar-refractivity contribution in [3.8, 4) is 0 Å². The molecule has 4 aliphatic rings. The van der Waals surface area contributed by atoms with Crippen LogP contribution in [0.25, 0.3) is 0 Å². The number of carbonyl (C=O) groups excluding carboxylic acids is 3. The minimum atomic E-state index is -1.43. The fourth-order valence-corrected chi connectivity index (χ4v) is 7.45. The van der Waals surface area contributed by atoms with Crippen LogP contribution in [0.5, 0.6) is 0 Å². The highest BCUT2D eigenvalue weighted by Gasteiger charge is 2.87. The summed E-state index contributed by atoms with van der Waals surface area (Å²) in [7, 11) is 0. The molecule has 2 saturated carbocycles. The Morgan fingerprint density at radius 1 is 1.14 bits per heavy atom. The fraction of sp³-hybridized carbons (Fsp3) is 0.759. The van der Waals surface area contributed by atoms with Crippen LogP contribution in [0.1, 0.15) is 68.2 Å². The Bertz CT molecular complexity index is 1020. The molecule has 9 atom stereocenters. The van der Waals surface area contributed by atoms with Gasteiger partial charge in [-0.15, -0.1) is 0 Å². The zero-order chi connectivity index (χ0) is 27.0. The van der Waals surface area contributed by atoms with Gasteiger partial charge in [-0.3, -0.25) is 14.4 Å². The first kappa shape index (κ1) is 27.1. The van der Waals surface area contributed by atoms with Gasteiger partial charge in [-0.05, 0) is 30.9 Å². The predicted octanol–water partition coefficient (Wildman–Crippen LogP) is 3.62. The summed E-state index contributed by atoms with van der Waals surface area (Å²) >= 11 is 0. The van der Waals surface area contributed by atoms with Crippen molar-refractivity contribution in [1.29, 1.82) is 0 Å². The molecular formula is C29H42O7. The highest BCUT2D eigenvalue weighted by molar-refractivity contribution is 6.00. The molecule has 0 aromatic heterocycles. The topological polar surface area (TPSA) is 110 Å². The van der Waals surface area contributed by atoms with Gasteiger partial charge in [-0.25, -0.2) is 0 Å². The second kappa shape index (κ2) is 8.80. The van der Waals surface area contributed by atoms with E-state index in [4.69, 9.17) is 9.47 Å². The minimum absolute atomic E-state index is 0.0214. The molecule has 0 spiro atoms. The Morgan fingerprint density at radius 3 is 2.33 bits per heavy atom. The number of aliphatic hydroxyl groups is 2. The molecule has 0 radical (unpaired) electrons. The normalized spacial score (nSPS) is 41.2. The lowest BCUT2D eigenvalue weighted by molar-refractivity contribution is -0.223. The molecule has 0 heterocycles. The van der Waals surface area contributed by atoms with Crippen molar-refractivity contribution in [1.82, 2.24) is 0 Å². The highest BCUT2D eigenvalue weighted by atomic mass is 16.6. The van der Waals surface area contributed by atoms with Crippen LogP contribution in [-0.2, 0) is 23.9 Å². The zero-order valence-corrected chi connectivity index (χ0v) is 22.8. The van der Waals surface area contributed by atoms with Gasteiger partial charge < -0.3 is 19.7 Å². The number of ketones is 1. The third kappa shape index (κ3) is 3.48. The van der Waals surface area contributed by atoms with E-state index in [0.717, 1.165) is 0 Å². The molecule has 7 nitrogen and oxygen atoms in total. The van der Waals surface area contributed by atoms with Gasteiger partial charge in [0.1, 0.15) is 6.10 Å². The summed E-state index contributed by atoms with van der Waals surface area (Å²) in [5.74, 6) is -3.97. The fourth-order valence-electron chi connectivity index (χ4n) is 7.45. The number of hydrogen-bond acceptors (Lipinski definition) is 7. The second-order valence-electron chi connectivity index (χ2n) is 12.5. The number of rotatable bonds is 6.